The minimum atomic E-state index is -0.501. The summed E-state index contributed by atoms with van der Waals surface area (Å²) in [6.07, 6.45) is 0.632. The first kappa shape index (κ1) is 19.6. The second-order valence-electron chi connectivity index (χ2n) is 7.02. The van der Waals surface area contributed by atoms with Crippen LogP contribution in [0.15, 0.2) is 42.5 Å². The average molecular weight is 391 g/mol. The fourth-order valence-electron chi connectivity index (χ4n) is 3.68. The standard InChI is InChI=1S/C21H24ClFN2O2/c1-3-24-20(26)21(11-15-7-9-17(22)10-8-15)13-25(14-21)12-16-5-4-6-18(27-2)19(16)23/h4-10H,3,11-14H2,1-2H3,(H,24,26). The predicted molar refractivity (Wildman–Crippen MR) is 105 cm³/mol. The number of nitrogens with one attached hydrogen (secondary N) is 1. The topological polar surface area (TPSA) is 41.6 Å². The predicted octanol–water partition coefficient (Wildman–Crippen LogP) is 3.67. The third-order valence-corrected chi connectivity index (χ3v) is 5.24. The molecule has 1 aliphatic heterocycles. The monoisotopic (exact) mass is 390 g/mol. The van der Waals surface area contributed by atoms with Crippen molar-refractivity contribution in [1.29, 1.82) is 0 Å². The maximum atomic E-state index is 14.4. The summed E-state index contributed by atoms with van der Waals surface area (Å²) in [6.45, 7) is 4.11. The summed E-state index contributed by atoms with van der Waals surface area (Å²) in [5.41, 5.74) is 1.14. The molecule has 1 fully saturated rings. The molecule has 0 radical (unpaired) electrons. The molecule has 0 bridgehead atoms. The average Bonchev–Trinajstić information content (AvgIpc) is 2.63. The molecule has 0 atom stereocenters. The molecular weight excluding hydrogens is 367 g/mol. The summed E-state index contributed by atoms with van der Waals surface area (Å²) in [5.74, 6) is -0.0558. The van der Waals surface area contributed by atoms with E-state index in [-0.39, 0.29) is 17.5 Å². The Morgan fingerprint density at radius 1 is 1.26 bits per heavy atom. The molecule has 1 saturated heterocycles. The van der Waals surface area contributed by atoms with Gasteiger partial charge >= 0.3 is 0 Å². The van der Waals surface area contributed by atoms with E-state index in [0.29, 0.717) is 43.2 Å². The van der Waals surface area contributed by atoms with Crippen molar-refractivity contribution in [1.82, 2.24) is 10.2 Å². The van der Waals surface area contributed by atoms with Gasteiger partial charge in [0.25, 0.3) is 0 Å². The lowest BCUT2D eigenvalue weighted by molar-refractivity contribution is -0.142. The van der Waals surface area contributed by atoms with Gasteiger partial charge in [-0.2, -0.15) is 0 Å². The van der Waals surface area contributed by atoms with Crippen molar-refractivity contribution in [2.75, 3.05) is 26.7 Å². The lowest BCUT2D eigenvalue weighted by Crippen LogP contribution is -2.63. The van der Waals surface area contributed by atoms with Gasteiger partial charge in [-0.3, -0.25) is 9.69 Å². The Balaban J connectivity index is 1.72. The van der Waals surface area contributed by atoms with Gasteiger partial charge in [-0.05, 0) is 37.1 Å². The summed E-state index contributed by atoms with van der Waals surface area (Å²) in [7, 11) is 1.46. The number of benzene rings is 2. The van der Waals surface area contributed by atoms with E-state index in [1.807, 2.05) is 31.2 Å². The number of ether oxygens (including phenoxy) is 1. The SMILES string of the molecule is CCNC(=O)C1(Cc2ccc(Cl)cc2)CN(Cc2cccc(OC)c2F)C1. The number of hydrogen-bond donors (Lipinski definition) is 1. The molecule has 6 heteroatoms. The van der Waals surface area contributed by atoms with Gasteiger partial charge in [0.05, 0.1) is 12.5 Å². The first-order chi connectivity index (χ1) is 13.0. The first-order valence-corrected chi connectivity index (χ1v) is 9.41. The van der Waals surface area contributed by atoms with E-state index < -0.39 is 5.41 Å². The van der Waals surface area contributed by atoms with Crippen LogP contribution >= 0.6 is 11.6 Å². The first-order valence-electron chi connectivity index (χ1n) is 9.04. The van der Waals surface area contributed by atoms with E-state index >= 15 is 0 Å². The lowest BCUT2D eigenvalue weighted by Gasteiger charge is -2.49. The van der Waals surface area contributed by atoms with Gasteiger partial charge in [0.2, 0.25) is 5.91 Å². The molecule has 27 heavy (non-hydrogen) atoms. The zero-order valence-electron chi connectivity index (χ0n) is 15.6. The highest BCUT2D eigenvalue weighted by Crippen LogP contribution is 2.36. The molecule has 3 rings (SSSR count). The van der Waals surface area contributed by atoms with Crippen LogP contribution in [0, 0.1) is 11.2 Å². The highest BCUT2D eigenvalue weighted by molar-refractivity contribution is 6.30. The molecule has 1 heterocycles. The van der Waals surface area contributed by atoms with Gasteiger partial charge in [-0.15, -0.1) is 0 Å². The third kappa shape index (κ3) is 4.25. The summed E-state index contributed by atoms with van der Waals surface area (Å²) < 4.78 is 19.5. The Labute approximate surface area is 164 Å². The molecular formula is C21H24ClFN2O2. The summed E-state index contributed by atoms with van der Waals surface area (Å²) in [4.78, 5) is 14.8. The third-order valence-electron chi connectivity index (χ3n) is 4.98. The summed E-state index contributed by atoms with van der Waals surface area (Å²) in [5, 5.41) is 3.62. The summed E-state index contributed by atoms with van der Waals surface area (Å²) >= 11 is 5.96. The number of halogens is 2. The Morgan fingerprint density at radius 2 is 1.96 bits per heavy atom. The molecule has 0 saturated carbocycles. The van der Waals surface area contributed by atoms with Crippen molar-refractivity contribution in [3.63, 3.8) is 0 Å². The minimum absolute atomic E-state index is 0.0438. The van der Waals surface area contributed by atoms with Crippen molar-refractivity contribution in [2.45, 2.75) is 19.9 Å². The smallest absolute Gasteiger partial charge is 0.229 e. The normalized spacial score (nSPS) is 15.9. The second kappa shape index (κ2) is 8.28. The zero-order chi connectivity index (χ0) is 19.4. The number of carbonyl (C=O) groups excluding carboxylic acids is 1. The highest BCUT2D eigenvalue weighted by atomic mass is 35.5. The number of amides is 1. The molecule has 2 aromatic carbocycles. The molecule has 0 spiro atoms. The van der Waals surface area contributed by atoms with Gasteiger partial charge in [-0.25, -0.2) is 4.39 Å². The van der Waals surface area contributed by atoms with Gasteiger partial charge in [0, 0.05) is 36.8 Å². The van der Waals surface area contributed by atoms with E-state index in [1.54, 1.807) is 18.2 Å². The molecule has 0 unspecified atom stereocenters. The van der Waals surface area contributed by atoms with Crippen molar-refractivity contribution in [2.24, 2.45) is 5.41 Å². The van der Waals surface area contributed by atoms with Crippen LogP contribution in [-0.4, -0.2) is 37.6 Å². The zero-order valence-corrected chi connectivity index (χ0v) is 16.4. The molecule has 2 aromatic rings. The van der Waals surface area contributed by atoms with Gasteiger partial charge in [0.15, 0.2) is 11.6 Å². The van der Waals surface area contributed by atoms with Crippen molar-refractivity contribution in [3.8, 4) is 5.75 Å². The molecule has 4 nitrogen and oxygen atoms in total. The molecule has 0 aromatic heterocycles. The van der Waals surface area contributed by atoms with E-state index in [9.17, 15) is 9.18 Å². The van der Waals surface area contributed by atoms with Gasteiger partial charge in [-0.1, -0.05) is 35.9 Å². The van der Waals surface area contributed by atoms with Crippen LogP contribution in [0.4, 0.5) is 4.39 Å². The van der Waals surface area contributed by atoms with Crippen molar-refractivity contribution in [3.05, 3.63) is 64.4 Å². The molecule has 1 amide bonds. The quantitative estimate of drug-likeness (QED) is 0.784. The highest BCUT2D eigenvalue weighted by Gasteiger charge is 2.48. The minimum Gasteiger partial charge on any atom is -0.494 e. The molecule has 1 N–H and O–H groups in total. The lowest BCUT2D eigenvalue weighted by atomic mass is 9.73. The Bertz CT molecular complexity index is 804. The Kier molecular flexibility index (Phi) is 6.02. The molecule has 144 valence electrons. The van der Waals surface area contributed by atoms with Crippen LogP contribution in [0.2, 0.25) is 5.02 Å². The van der Waals surface area contributed by atoms with Crippen molar-refractivity contribution < 1.29 is 13.9 Å². The fraction of sp³-hybridized carbons (Fsp3) is 0.381. The van der Waals surface area contributed by atoms with Crippen LogP contribution in [0.5, 0.6) is 5.75 Å². The number of rotatable bonds is 7. The molecule has 0 aliphatic carbocycles. The Hall–Kier alpha value is -2.11. The second-order valence-corrected chi connectivity index (χ2v) is 7.46. The number of carbonyl (C=O) groups is 1. The van der Waals surface area contributed by atoms with Crippen molar-refractivity contribution >= 4 is 17.5 Å². The van der Waals surface area contributed by atoms with Gasteiger partial charge < -0.3 is 10.1 Å². The fourth-order valence-corrected chi connectivity index (χ4v) is 3.80. The number of hydrogen-bond acceptors (Lipinski definition) is 3. The number of likely N-dealkylation sites (tertiary alicyclic amines) is 1. The van der Waals surface area contributed by atoms with Crippen LogP contribution in [0.25, 0.3) is 0 Å². The number of nitrogens with zero attached hydrogens (tertiary/aromatic N) is 1. The molecule has 1 aliphatic rings. The van der Waals surface area contributed by atoms with E-state index in [2.05, 4.69) is 10.2 Å². The largest absolute Gasteiger partial charge is 0.494 e. The van der Waals surface area contributed by atoms with Crippen LogP contribution in [0.1, 0.15) is 18.1 Å². The van der Waals surface area contributed by atoms with Gasteiger partial charge in [0.1, 0.15) is 0 Å². The summed E-state index contributed by atoms with van der Waals surface area (Å²) in [6, 6.07) is 12.7. The Morgan fingerprint density at radius 3 is 2.59 bits per heavy atom. The van der Waals surface area contributed by atoms with Crippen LogP contribution in [0.3, 0.4) is 0 Å². The van der Waals surface area contributed by atoms with E-state index in [4.69, 9.17) is 16.3 Å². The van der Waals surface area contributed by atoms with Crippen LogP contribution in [-0.2, 0) is 17.8 Å². The van der Waals surface area contributed by atoms with E-state index in [0.717, 1.165) is 5.56 Å². The number of methoxy groups -OCH3 is 1. The maximum Gasteiger partial charge on any atom is 0.229 e. The maximum absolute atomic E-state index is 14.4. The van der Waals surface area contributed by atoms with Crippen LogP contribution < -0.4 is 10.1 Å². The van der Waals surface area contributed by atoms with E-state index in [1.165, 1.54) is 7.11 Å².